The Morgan fingerprint density at radius 2 is 2.12 bits per heavy atom. The SMILES string of the molecule is COCCCNC(=O)c1ccnc(-c2nnc3ccc(N(C)C)nn23)c1. The van der Waals surface area contributed by atoms with Crippen molar-refractivity contribution in [3.05, 3.63) is 36.0 Å². The summed E-state index contributed by atoms with van der Waals surface area (Å²) < 4.78 is 6.60. The lowest BCUT2D eigenvalue weighted by Crippen LogP contribution is -2.25. The summed E-state index contributed by atoms with van der Waals surface area (Å²) in [4.78, 5) is 18.5. The van der Waals surface area contributed by atoms with Gasteiger partial charge < -0.3 is 15.0 Å². The van der Waals surface area contributed by atoms with Crippen molar-refractivity contribution in [2.75, 3.05) is 39.3 Å². The van der Waals surface area contributed by atoms with Gasteiger partial charge in [0.05, 0.1) is 0 Å². The van der Waals surface area contributed by atoms with Gasteiger partial charge in [0.1, 0.15) is 11.5 Å². The molecule has 0 spiro atoms. The molecular formula is C17H21N7O2. The molecule has 0 unspecified atom stereocenters. The Hall–Kier alpha value is -3.07. The zero-order valence-electron chi connectivity index (χ0n) is 15.0. The molecule has 0 radical (unpaired) electrons. The first-order valence-electron chi connectivity index (χ1n) is 8.23. The summed E-state index contributed by atoms with van der Waals surface area (Å²) in [7, 11) is 5.45. The molecule has 0 atom stereocenters. The van der Waals surface area contributed by atoms with Crippen LogP contribution < -0.4 is 10.2 Å². The van der Waals surface area contributed by atoms with E-state index in [1.807, 2.05) is 31.1 Å². The van der Waals surface area contributed by atoms with Gasteiger partial charge in [-0.2, -0.15) is 4.52 Å². The number of aromatic nitrogens is 5. The third kappa shape index (κ3) is 3.77. The lowest BCUT2D eigenvalue weighted by molar-refractivity contribution is 0.0948. The maximum absolute atomic E-state index is 12.3. The molecule has 1 N–H and O–H groups in total. The fourth-order valence-corrected chi connectivity index (χ4v) is 2.39. The number of anilines is 1. The number of carbonyl (C=O) groups is 1. The molecule has 0 aliphatic heterocycles. The van der Waals surface area contributed by atoms with E-state index in [1.54, 1.807) is 30.0 Å². The maximum atomic E-state index is 12.3. The number of ether oxygens (including phenoxy) is 1. The lowest BCUT2D eigenvalue weighted by atomic mass is 10.2. The van der Waals surface area contributed by atoms with Gasteiger partial charge in [-0.25, -0.2) is 0 Å². The minimum absolute atomic E-state index is 0.166. The minimum Gasteiger partial charge on any atom is -0.385 e. The van der Waals surface area contributed by atoms with E-state index < -0.39 is 0 Å². The highest BCUT2D eigenvalue weighted by molar-refractivity contribution is 5.94. The van der Waals surface area contributed by atoms with Crippen molar-refractivity contribution in [2.45, 2.75) is 6.42 Å². The molecule has 9 nitrogen and oxygen atoms in total. The predicted octanol–water partition coefficient (Wildman–Crippen LogP) is 1.02. The van der Waals surface area contributed by atoms with Crippen LogP contribution in [0.3, 0.4) is 0 Å². The quantitative estimate of drug-likeness (QED) is 0.632. The van der Waals surface area contributed by atoms with Crippen molar-refractivity contribution in [3.8, 4) is 11.5 Å². The number of rotatable bonds is 7. The predicted molar refractivity (Wildman–Crippen MR) is 97.2 cm³/mol. The molecule has 0 saturated heterocycles. The molecule has 3 rings (SSSR count). The highest BCUT2D eigenvalue weighted by Gasteiger charge is 2.14. The number of carbonyl (C=O) groups excluding carboxylic acids is 1. The van der Waals surface area contributed by atoms with E-state index in [9.17, 15) is 4.79 Å². The minimum atomic E-state index is -0.166. The molecule has 3 aromatic heterocycles. The molecule has 136 valence electrons. The number of hydrogen-bond donors (Lipinski definition) is 1. The summed E-state index contributed by atoms with van der Waals surface area (Å²) in [5.41, 5.74) is 1.65. The molecule has 0 bridgehead atoms. The van der Waals surface area contributed by atoms with Crippen molar-refractivity contribution in [3.63, 3.8) is 0 Å². The molecule has 3 aromatic rings. The second-order valence-corrected chi connectivity index (χ2v) is 5.91. The summed E-state index contributed by atoms with van der Waals surface area (Å²) in [5, 5.41) is 15.7. The Bertz CT molecular complexity index is 907. The van der Waals surface area contributed by atoms with Crippen LogP contribution in [0.2, 0.25) is 0 Å². The Morgan fingerprint density at radius 1 is 1.27 bits per heavy atom. The van der Waals surface area contributed by atoms with Crippen molar-refractivity contribution in [1.82, 2.24) is 30.1 Å². The standard InChI is InChI=1S/C17H21N7O2/c1-23(2)15-6-5-14-20-21-16(24(14)22-15)13-11-12(7-9-18-13)17(25)19-8-4-10-26-3/h5-7,9,11H,4,8,10H2,1-3H3,(H,19,25). The van der Waals surface area contributed by atoms with Crippen LogP contribution in [-0.2, 0) is 4.74 Å². The molecule has 26 heavy (non-hydrogen) atoms. The normalized spacial score (nSPS) is 10.9. The Balaban J connectivity index is 1.87. The van der Waals surface area contributed by atoms with Gasteiger partial charge in [-0.15, -0.1) is 15.3 Å². The number of methoxy groups -OCH3 is 1. The fraction of sp³-hybridized carbons (Fsp3) is 0.353. The van der Waals surface area contributed by atoms with Crippen molar-refractivity contribution >= 4 is 17.4 Å². The summed E-state index contributed by atoms with van der Waals surface area (Å²) in [5.74, 6) is 1.09. The van der Waals surface area contributed by atoms with Gasteiger partial charge in [-0.1, -0.05) is 0 Å². The van der Waals surface area contributed by atoms with Crippen LogP contribution in [0.5, 0.6) is 0 Å². The van der Waals surface area contributed by atoms with Crippen molar-refractivity contribution in [1.29, 1.82) is 0 Å². The van der Waals surface area contributed by atoms with Crippen LogP contribution in [0, 0.1) is 0 Å². The zero-order valence-corrected chi connectivity index (χ0v) is 15.0. The Morgan fingerprint density at radius 3 is 2.88 bits per heavy atom. The molecule has 0 fully saturated rings. The maximum Gasteiger partial charge on any atom is 0.251 e. The van der Waals surface area contributed by atoms with Gasteiger partial charge in [-0.3, -0.25) is 9.78 Å². The van der Waals surface area contributed by atoms with Crippen LogP contribution in [0.15, 0.2) is 30.5 Å². The molecule has 0 saturated carbocycles. The second kappa shape index (κ2) is 7.87. The van der Waals surface area contributed by atoms with E-state index in [2.05, 4.69) is 25.6 Å². The number of amides is 1. The number of hydrogen-bond acceptors (Lipinski definition) is 7. The van der Waals surface area contributed by atoms with Gasteiger partial charge in [0.15, 0.2) is 5.65 Å². The number of pyridine rings is 1. The highest BCUT2D eigenvalue weighted by Crippen LogP contribution is 2.18. The fourth-order valence-electron chi connectivity index (χ4n) is 2.39. The van der Waals surface area contributed by atoms with Gasteiger partial charge in [0.25, 0.3) is 5.91 Å². The molecule has 1 amide bonds. The first kappa shape index (κ1) is 17.7. The lowest BCUT2D eigenvalue weighted by Gasteiger charge is -2.10. The Kier molecular flexibility index (Phi) is 5.37. The average Bonchev–Trinajstić information content (AvgIpc) is 3.08. The van der Waals surface area contributed by atoms with Crippen molar-refractivity contribution < 1.29 is 9.53 Å². The summed E-state index contributed by atoms with van der Waals surface area (Å²) >= 11 is 0. The smallest absolute Gasteiger partial charge is 0.251 e. The van der Waals surface area contributed by atoms with Gasteiger partial charge in [0, 0.05) is 46.1 Å². The highest BCUT2D eigenvalue weighted by atomic mass is 16.5. The molecule has 3 heterocycles. The number of nitrogens with one attached hydrogen (secondary N) is 1. The molecular weight excluding hydrogens is 334 g/mol. The largest absolute Gasteiger partial charge is 0.385 e. The van der Waals surface area contributed by atoms with Crippen molar-refractivity contribution in [2.24, 2.45) is 0 Å². The molecule has 0 aromatic carbocycles. The zero-order chi connectivity index (χ0) is 18.5. The second-order valence-electron chi connectivity index (χ2n) is 5.91. The number of fused-ring (bicyclic) bond motifs is 1. The first-order chi connectivity index (χ1) is 12.6. The topological polar surface area (TPSA) is 97.5 Å². The van der Waals surface area contributed by atoms with Crippen LogP contribution in [0.1, 0.15) is 16.8 Å². The van der Waals surface area contributed by atoms with Crippen LogP contribution >= 0.6 is 0 Å². The third-order valence-corrected chi connectivity index (χ3v) is 3.77. The molecule has 0 aliphatic rings. The summed E-state index contributed by atoms with van der Waals surface area (Å²) in [6.45, 7) is 1.15. The molecule has 9 heteroatoms. The summed E-state index contributed by atoms with van der Waals surface area (Å²) in [6, 6.07) is 7.06. The van der Waals surface area contributed by atoms with Crippen LogP contribution in [-0.4, -0.2) is 65.1 Å². The average molecular weight is 355 g/mol. The van der Waals surface area contributed by atoms with E-state index in [4.69, 9.17) is 4.74 Å². The molecule has 0 aliphatic carbocycles. The van der Waals surface area contributed by atoms with Gasteiger partial charge in [-0.05, 0) is 30.7 Å². The summed E-state index contributed by atoms with van der Waals surface area (Å²) in [6.07, 6.45) is 2.34. The number of nitrogens with zero attached hydrogens (tertiary/aromatic N) is 6. The van der Waals surface area contributed by atoms with E-state index in [1.165, 1.54) is 0 Å². The van der Waals surface area contributed by atoms with Gasteiger partial charge >= 0.3 is 0 Å². The van der Waals surface area contributed by atoms with Gasteiger partial charge in [0.2, 0.25) is 5.82 Å². The van der Waals surface area contributed by atoms with E-state index in [0.717, 1.165) is 12.2 Å². The van der Waals surface area contributed by atoms with E-state index in [-0.39, 0.29) is 5.91 Å². The van der Waals surface area contributed by atoms with Crippen LogP contribution in [0.4, 0.5) is 5.82 Å². The monoisotopic (exact) mass is 355 g/mol. The third-order valence-electron chi connectivity index (χ3n) is 3.77. The first-order valence-corrected chi connectivity index (χ1v) is 8.23. The van der Waals surface area contributed by atoms with Crippen LogP contribution in [0.25, 0.3) is 17.2 Å². The van der Waals surface area contributed by atoms with E-state index in [0.29, 0.717) is 35.9 Å². The Labute approximate surface area is 151 Å². The van der Waals surface area contributed by atoms with E-state index >= 15 is 0 Å².